The second kappa shape index (κ2) is 21.1. The minimum absolute atomic E-state index is 0.0480. The van der Waals surface area contributed by atoms with Gasteiger partial charge in [0.05, 0.1) is 31.4 Å². The fraction of sp³-hybridized carbons (Fsp3) is 0.224. The molecule has 0 amide bonds. The largest absolute Gasteiger partial charge is 0.496 e. The Labute approximate surface area is 381 Å². The maximum atomic E-state index is 15.1. The normalized spacial score (nSPS) is 10.9. The zero-order chi connectivity index (χ0) is 47.7. The van der Waals surface area contributed by atoms with Crippen LogP contribution in [0.5, 0.6) is 40.2 Å². The Morgan fingerprint density at radius 2 is 1.33 bits per heavy atom. The number of nitro benzene ring substituents is 1. The molecule has 0 saturated carbocycles. The van der Waals surface area contributed by atoms with Gasteiger partial charge in [-0.3, -0.25) is 15.4 Å². The monoisotopic (exact) mass is 904 g/mol. The van der Waals surface area contributed by atoms with E-state index in [0.717, 1.165) is 11.4 Å². The highest BCUT2D eigenvalue weighted by Crippen LogP contribution is 2.36. The number of carbonyl (C=O) groups is 2. The summed E-state index contributed by atoms with van der Waals surface area (Å²) >= 11 is 0. The molecule has 0 bridgehead atoms. The number of nitrogens with one attached hydrogen (secondary N) is 1. The van der Waals surface area contributed by atoms with Gasteiger partial charge in [-0.15, -0.1) is 0 Å². The second-order valence-corrected chi connectivity index (χ2v) is 15.5. The van der Waals surface area contributed by atoms with Gasteiger partial charge in [0.15, 0.2) is 29.7 Å². The van der Waals surface area contributed by atoms with Gasteiger partial charge in [-0.05, 0) is 87.9 Å². The minimum atomic E-state index is -0.759. The summed E-state index contributed by atoms with van der Waals surface area (Å²) in [5, 5.41) is 16.0. The SMILES string of the molecule is COc1cc(OC(=O)c2ccc(NCOc3cc([NH2+]c4ccc(N(C)C)cc4OC(C)C)cc(F)c3N)cc2OC(C)C)ccc1C(=O)Oc1ccc(-c2ccc([N+](=O)[O-])cc2)c(OC)c1. The van der Waals surface area contributed by atoms with E-state index in [1.165, 1.54) is 62.8 Å². The number of quaternary nitrogens is 1. The maximum absolute atomic E-state index is 15.1. The number of hydrogen-bond donors (Lipinski definition) is 3. The Balaban J connectivity index is 1.12. The first-order chi connectivity index (χ1) is 31.5. The molecule has 0 aromatic heterocycles. The van der Waals surface area contributed by atoms with E-state index in [0.29, 0.717) is 34.0 Å². The standard InChI is InChI=1S/C49H50FN5O11/c1-28(2)63-44-22-31(52-27-62-46-23-32(21-40(50)47(46)51)53-41-20-14-34(54(5)6)24-45(41)64-29(3)4)11-17-39(44)49(57)66-36-16-19-38(43(26-36)61-8)48(56)65-35-15-18-37(42(25-35)60-7)30-9-12-33(13-10-30)55(58)59/h9-26,28-29,52-53H,27,51H2,1-8H3/p+1. The van der Waals surface area contributed by atoms with Gasteiger partial charge in [-0.2, -0.15) is 0 Å². The smallest absolute Gasteiger partial charge is 0.347 e. The van der Waals surface area contributed by atoms with Crippen molar-refractivity contribution in [2.24, 2.45) is 0 Å². The zero-order valence-corrected chi connectivity index (χ0v) is 37.7. The van der Waals surface area contributed by atoms with E-state index in [4.69, 9.17) is 38.9 Å². The first-order valence-corrected chi connectivity index (χ1v) is 20.7. The van der Waals surface area contributed by atoms with Crippen molar-refractivity contribution in [3.8, 4) is 51.4 Å². The molecule has 0 spiro atoms. The molecular formula is C49H51FN5O11+. The minimum Gasteiger partial charge on any atom is -0.496 e. The molecule has 6 aromatic rings. The summed E-state index contributed by atoms with van der Waals surface area (Å²) in [6.07, 6.45) is -0.403. The van der Waals surface area contributed by atoms with Crippen molar-refractivity contribution in [2.75, 3.05) is 51.0 Å². The summed E-state index contributed by atoms with van der Waals surface area (Å²) in [7, 11) is 6.68. The van der Waals surface area contributed by atoms with Crippen molar-refractivity contribution < 1.29 is 57.4 Å². The zero-order valence-electron chi connectivity index (χ0n) is 37.7. The summed E-state index contributed by atoms with van der Waals surface area (Å²) in [5.41, 5.74) is 10.1. The van der Waals surface area contributed by atoms with Crippen molar-refractivity contribution in [1.29, 1.82) is 0 Å². The second-order valence-electron chi connectivity index (χ2n) is 15.5. The molecule has 344 valence electrons. The molecule has 0 aliphatic heterocycles. The maximum Gasteiger partial charge on any atom is 0.347 e. The first kappa shape index (κ1) is 47.4. The van der Waals surface area contributed by atoms with Crippen LogP contribution < -0.4 is 54.4 Å². The summed E-state index contributed by atoms with van der Waals surface area (Å²) in [6, 6.07) is 28.4. The van der Waals surface area contributed by atoms with Crippen LogP contribution in [0.2, 0.25) is 0 Å². The lowest BCUT2D eigenvalue weighted by molar-refractivity contribution is -0.479. The molecule has 6 aromatic carbocycles. The van der Waals surface area contributed by atoms with Gasteiger partial charge >= 0.3 is 11.9 Å². The summed E-state index contributed by atoms with van der Waals surface area (Å²) in [5.74, 6) is -0.497. The summed E-state index contributed by atoms with van der Waals surface area (Å²) < 4.78 is 55.4. The van der Waals surface area contributed by atoms with Gasteiger partial charge in [0.25, 0.3) is 5.69 Å². The molecule has 66 heavy (non-hydrogen) atoms. The predicted octanol–water partition coefficient (Wildman–Crippen LogP) is 9.05. The fourth-order valence-corrected chi connectivity index (χ4v) is 6.58. The number of ether oxygens (including phenoxy) is 7. The third-order valence-corrected chi connectivity index (χ3v) is 9.76. The van der Waals surface area contributed by atoms with E-state index in [9.17, 15) is 19.7 Å². The van der Waals surface area contributed by atoms with Crippen LogP contribution in [0.1, 0.15) is 48.4 Å². The number of nitrogens with zero attached hydrogens (tertiary/aromatic N) is 2. The van der Waals surface area contributed by atoms with Crippen molar-refractivity contribution in [2.45, 2.75) is 39.9 Å². The third kappa shape index (κ3) is 11.7. The van der Waals surface area contributed by atoms with E-state index in [2.05, 4.69) is 5.32 Å². The highest BCUT2D eigenvalue weighted by atomic mass is 19.1. The number of nitrogen functional groups attached to an aromatic ring is 1. The Morgan fingerprint density at radius 1 is 0.727 bits per heavy atom. The molecule has 0 radical (unpaired) electrons. The number of hydrogen-bond acceptors (Lipinski definition) is 14. The molecule has 0 unspecified atom stereocenters. The van der Waals surface area contributed by atoms with Crippen molar-refractivity contribution in [3.63, 3.8) is 0 Å². The number of anilines is 3. The molecule has 0 aliphatic rings. The Hall–Kier alpha value is -8.05. The van der Waals surface area contributed by atoms with E-state index < -0.39 is 22.7 Å². The number of benzene rings is 6. The van der Waals surface area contributed by atoms with Gasteiger partial charge in [-0.25, -0.2) is 14.0 Å². The average molecular weight is 905 g/mol. The van der Waals surface area contributed by atoms with Gasteiger partial charge < -0.3 is 49.1 Å². The fourth-order valence-electron chi connectivity index (χ4n) is 6.58. The number of nitrogens with two attached hydrogens (primary N) is 2. The predicted molar refractivity (Wildman–Crippen MR) is 248 cm³/mol. The molecule has 6 rings (SSSR count). The number of esters is 2. The molecule has 0 atom stereocenters. The number of rotatable bonds is 19. The van der Waals surface area contributed by atoms with Crippen molar-refractivity contribution in [3.05, 3.63) is 136 Å². The van der Waals surface area contributed by atoms with Crippen LogP contribution in [0.3, 0.4) is 0 Å². The lowest BCUT2D eigenvalue weighted by Crippen LogP contribution is -2.71. The van der Waals surface area contributed by atoms with E-state index in [1.54, 1.807) is 61.6 Å². The van der Waals surface area contributed by atoms with Gasteiger partial charge in [0.2, 0.25) is 0 Å². The molecular weight excluding hydrogens is 854 g/mol. The summed E-state index contributed by atoms with van der Waals surface area (Å²) in [6.45, 7) is 7.36. The van der Waals surface area contributed by atoms with Crippen LogP contribution in [0.15, 0.2) is 109 Å². The topological polar surface area (TPSA) is 200 Å². The van der Waals surface area contributed by atoms with Crippen molar-refractivity contribution in [1.82, 2.24) is 0 Å². The Bertz CT molecular complexity index is 2730. The molecule has 17 heteroatoms. The number of non-ortho nitro benzene ring substituents is 1. The van der Waals surface area contributed by atoms with Crippen LogP contribution in [-0.2, 0) is 0 Å². The molecule has 5 N–H and O–H groups in total. The number of nitro groups is 1. The average Bonchev–Trinajstić information content (AvgIpc) is 3.28. The van der Waals surface area contributed by atoms with E-state index in [-0.39, 0.29) is 70.2 Å². The van der Waals surface area contributed by atoms with E-state index >= 15 is 4.39 Å². The molecule has 0 fully saturated rings. The molecule has 0 heterocycles. The lowest BCUT2D eigenvalue weighted by atomic mass is 10.0. The highest BCUT2D eigenvalue weighted by molar-refractivity contribution is 5.96. The molecule has 0 saturated heterocycles. The third-order valence-electron chi connectivity index (χ3n) is 9.76. The quantitative estimate of drug-likeness (QED) is 0.0174. The van der Waals surface area contributed by atoms with E-state index in [1.807, 2.05) is 51.0 Å². The first-order valence-electron chi connectivity index (χ1n) is 20.7. The Kier molecular flexibility index (Phi) is 15.2. The summed E-state index contributed by atoms with van der Waals surface area (Å²) in [4.78, 5) is 39.5. The van der Waals surface area contributed by atoms with Crippen molar-refractivity contribution >= 4 is 46.1 Å². The van der Waals surface area contributed by atoms with Crippen LogP contribution in [-0.4, -0.2) is 64.1 Å². The number of methoxy groups -OCH3 is 2. The van der Waals surface area contributed by atoms with Gasteiger partial charge in [0.1, 0.15) is 51.2 Å². The molecule has 0 aliphatic carbocycles. The number of halogens is 1. The van der Waals surface area contributed by atoms with Gasteiger partial charge in [-0.1, -0.05) is 0 Å². The van der Waals surface area contributed by atoms with Crippen LogP contribution >= 0.6 is 0 Å². The van der Waals surface area contributed by atoms with Crippen LogP contribution in [0.25, 0.3) is 11.1 Å². The van der Waals surface area contributed by atoms with Crippen LogP contribution in [0.4, 0.5) is 38.5 Å². The number of carbonyl (C=O) groups excluding carboxylic acids is 2. The van der Waals surface area contributed by atoms with Gasteiger partial charge in [0, 0.05) is 85.6 Å². The molecule has 16 nitrogen and oxygen atoms in total. The Morgan fingerprint density at radius 3 is 1.95 bits per heavy atom. The lowest BCUT2D eigenvalue weighted by Gasteiger charge is -2.18. The highest BCUT2D eigenvalue weighted by Gasteiger charge is 2.22. The van der Waals surface area contributed by atoms with Crippen LogP contribution in [0, 0.1) is 15.9 Å².